The van der Waals surface area contributed by atoms with Crippen LogP contribution in [-0.4, -0.2) is 29.4 Å². The first-order valence-electron chi connectivity index (χ1n) is 4.32. The predicted molar refractivity (Wildman–Crippen MR) is 58.9 cm³/mol. The van der Waals surface area contributed by atoms with Crippen LogP contribution in [0, 0.1) is 0 Å². The van der Waals surface area contributed by atoms with E-state index in [0.717, 1.165) is 11.4 Å². The van der Waals surface area contributed by atoms with Crippen molar-refractivity contribution in [3.8, 4) is 5.13 Å². The standard InChI is InChI=1S/C8H9N3O3S2/c1-16(12,13)14-6-7-4-10-11(5-7)8-9-2-3-15-8/h2-5H,6H2,1H3. The van der Waals surface area contributed by atoms with Gasteiger partial charge in [0.1, 0.15) is 0 Å². The summed E-state index contributed by atoms with van der Waals surface area (Å²) in [6.45, 7) is -0.00971. The Morgan fingerprint density at radius 1 is 1.56 bits per heavy atom. The lowest BCUT2D eigenvalue weighted by atomic mass is 10.4. The molecule has 0 aliphatic carbocycles. The highest BCUT2D eigenvalue weighted by molar-refractivity contribution is 7.85. The number of nitrogens with zero attached hydrogens (tertiary/aromatic N) is 3. The minimum absolute atomic E-state index is 0.00971. The van der Waals surface area contributed by atoms with Crippen molar-refractivity contribution in [2.24, 2.45) is 0 Å². The second-order valence-electron chi connectivity index (χ2n) is 3.07. The molecule has 0 saturated carbocycles. The smallest absolute Gasteiger partial charge is 0.264 e. The first-order chi connectivity index (χ1) is 7.54. The summed E-state index contributed by atoms with van der Waals surface area (Å²) in [6.07, 6.45) is 5.92. The summed E-state index contributed by atoms with van der Waals surface area (Å²) >= 11 is 1.44. The van der Waals surface area contributed by atoms with Crippen LogP contribution in [0.3, 0.4) is 0 Å². The molecular weight excluding hydrogens is 250 g/mol. The SMILES string of the molecule is CS(=O)(=O)OCc1cnn(-c2nccs2)c1. The van der Waals surface area contributed by atoms with Crippen molar-refractivity contribution in [1.82, 2.24) is 14.8 Å². The maximum absolute atomic E-state index is 10.8. The molecule has 0 bridgehead atoms. The lowest BCUT2D eigenvalue weighted by molar-refractivity contribution is 0.311. The van der Waals surface area contributed by atoms with Crippen LogP contribution in [0.2, 0.25) is 0 Å². The first-order valence-corrected chi connectivity index (χ1v) is 7.02. The van der Waals surface area contributed by atoms with Crippen molar-refractivity contribution in [2.45, 2.75) is 6.61 Å². The monoisotopic (exact) mass is 259 g/mol. The molecule has 6 nitrogen and oxygen atoms in total. The number of rotatable bonds is 4. The quantitative estimate of drug-likeness (QED) is 0.759. The van der Waals surface area contributed by atoms with Gasteiger partial charge in [-0.25, -0.2) is 9.67 Å². The average molecular weight is 259 g/mol. The largest absolute Gasteiger partial charge is 0.265 e. The Kier molecular flexibility index (Phi) is 3.03. The van der Waals surface area contributed by atoms with Crippen LogP contribution in [0.25, 0.3) is 5.13 Å². The second kappa shape index (κ2) is 4.32. The Morgan fingerprint density at radius 3 is 3.00 bits per heavy atom. The number of hydrogen-bond acceptors (Lipinski definition) is 6. The van der Waals surface area contributed by atoms with Crippen molar-refractivity contribution in [1.29, 1.82) is 0 Å². The molecule has 0 amide bonds. The molecule has 0 aliphatic heterocycles. The van der Waals surface area contributed by atoms with Crippen molar-refractivity contribution in [3.63, 3.8) is 0 Å². The van der Waals surface area contributed by atoms with Gasteiger partial charge in [-0.3, -0.25) is 4.18 Å². The van der Waals surface area contributed by atoms with Gasteiger partial charge in [-0.15, -0.1) is 11.3 Å². The molecule has 0 saturated heterocycles. The molecule has 0 aromatic carbocycles. The molecule has 86 valence electrons. The van der Waals surface area contributed by atoms with Gasteiger partial charge < -0.3 is 0 Å². The van der Waals surface area contributed by atoms with Crippen molar-refractivity contribution in [2.75, 3.05) is 6.26 Å². The van der Waals surface area contributed by atoms with Crippen molar-refractivity contribution < 1.29 is 12.6 Å². The minimum Gasteiger partial charge on any atom is -0.265 e. The molecule has 0 atom stereocenters. The zero-order valence-electron chi connectivity index (χ0n) is 8.40. The van der Waals surface area contributed by atoms with Gasteiger partial charge in [0.25, 0.3) is 10.1 Å². The number of aromatic nitrogens is 3. The molecule has 16 heavy (non-hydrogen) atoms. The maximum Gasteiger partial charge on any atom is 0.264 e. The van der Waals surface area contributed by atoms with Crippen LogP contribution in [0.1, 0.15) is 5.56 Å². The molecule has 0 aliphatic rings. The van der Waals surface area contributed by atoms with Gasteiger partial charge in [-0.2, -0.15) is 13.5 Å². The maximum atomic E-state index is 10.8. The second-order valence-corrected chi connectivity index (χ2v) is 5.59. The van der Waals surface area contributed by atoms with Gasteiger partial charge in [0.15, 0.2) is 0 Å². The zero-order chi connectivity index (χ0) is 11.6. The van der Waals surface area contributed by atoms with Crippen LogP contribution >= 0.6 is 11.3 Å². The summed E-state index contributed by atoms with van der Waals surface area (Å²) in [7, 11) is -3.42. The van der Waals surface area contributed by atoms with Crippen molar-refractivity contribution in [3.05, 3.63) is 29.5 Å². The fourth-order valence-electron chi connectivity index (χ4n) is 1.04. The molecule has 0 fully saturated rings. The van der Waals surface area contributed by atoms with Gasteiger partial charge in [-0.05, 0) is 0 Å². The van der Waals surface area contributed by atoms with E-state index < -0.39 is 10.1 Å². The fourth-order valence-corrected chi connectivity index (χ4v) is 1.97. The molecule has 0 spiro atoms. The summed E-state index contributed by atoms with van der Waals surface area (Å²) in [4.78, 5) is 4.07. The van der Waals surface area contributed by atoms with E-state index in [4.69, 9.17) is 0 Å². The third-order valence-corrected chi connectivity index (χ3v) is 3.00. The van der Waals surface area contributed by atoms with Gasteiger partial charge in [-0.1, -0.05) is 0 Å². The van der Waals surface area contributed by atoms with E-state index in [-0.39, 0.29) is 6.61 Å². The van der Waals surface area contributed by atoms with Gasteiger partial charge in [0.2, 0.25) is 5.13 Å². The van der Waals surface area contributed by atoms with Crippen LogP contribution < -0.4 is 0 Å². The molecule has 0 unspecified atom stereocenters. The highest BCUT2D eigenvalue weighted by Crippen LogP contribution is 2.11. The number of thiazole rings is 1. The summed E-state index contributed by atoms with van der Waals surface area (Å²) in [6, 6.07) is 0. The van der Waals surface area contributed by atoms with E-state index in [2.05, 4.69) is 14.3 Å². The predicted octanol–water partition coefficient (Wildman–Crippen LogP) is 0.805. The van der Waals surface area contributed by atoms with Crippen LogP contribution in [-0.2, 0) is 20.9 Å². The molecular formula is C8H9N3O3S2. The molecule has 0 radical (unpaired) electrons. The van der Waals surface area contributed by atoms with E-state index in [9.17, 15) is 8.42 Å². The van der Waals surface area contributed by atoms with Gasteiger partial charge in [0, 0.05) is 23.3 Å². The van der Waals surface area contributed by atoms with Gasteiger partial charge in [0.05, 0.1) is 19.1 Å². The summed E-state index contributed by atoms with van der Waals surface area (Å²) in [5.41, 5.74) is 0.681. The van der Waals surface area contributed by atoms with Crippen LogP contribution in [0.4, 0.5) is 0 Å². The van der Waals surface area contributed by atoms with E-state index >= 15 is 0 Å². The van der Waals surface area contributed by atoms with Crippen molar-refractivity contribution >= 4 is 21.5 Å². The molecule has 0 N–H and O–H groups in total. The topological polar surface area (TPSA) is 74.1 Å². The molecule has 2 aromatic rings. The van der Waals surface area contributed by atoms with E-state index in [1.807, 2.05) is 5.38 Å². The number of hydrogen-bond donors (Lipinski definition) is 0. The summed E-state index contributed by atoms with van der Waals surface area (Å²) in [5.74, 6) is 0. The Bertz CT molecular complexity index is 559. The lowest BCUT2D eigenvalue weighted by Crippen LogP contribution is -2.02. The average Bonchev–Trinajstić information content (AvgIpc) is 2.84. The highest BCUT2D eigenvalue weighted by Gasteiger charge is 2.06. The molecule has 8 heteroatoms. The van der Waals surface area contributed by atoms with E-state index in [1.165, 1.54) is 11.3 Å². The Hall–Kier alpha value is -1.25. The fraction of sp³-hybridized carbons (Fsp3) is 0.250. The Balaban J connectivity index is 2.09. The first kappa shape index (κ1) is 11.2. The minimum atomic E-state index is -3.42. The van der Waals surface area contributed by atoms with E-state index in [1.54, 1.807) is 23.3 Å². The third kappa shape index (κ3) is 2.87. The van der Waals surface area contributed by atoms with Crippen LogP contribution in [0.5, 0.6) is 0 Å². The van der Waals surface area contributed by atoms with Crippen LogP contribution in [0.15, 0.2) is 24.0 Å². The Morgan fingerprint density at radius 2 is 2.38 bits per heavy atom. The summed E-state index contributed by atoms with van der Waals surface area (Å²) in [5, 5.41) is 6.61. The van der Waals surface area contributed by atoms with E-state index in [0.29, 0.717) is 5.56 Å². The summed E-state index contributed by atoms with van der Waals surface area (Å²) < 4.78 is 27.8. The molecule has 2 rings (SSSR count). The zero-order valence-corrected chi connectivity index (χ0v) is 10.0. The van der Waals surface area contributed by atoms with Gasteiger partial charge >= 0.3 is 0 Å². The molecule has 2 heterocycles. The lowest BCUT2D eigenvalue weighted by Gasteiger charge is -1.96. The molecule has 2 aromatic heterocycles. The highest BCUT2D eigenvalue weighted by atomic mass is 32.2. The Labute approximate surface area is 96.6 Å². The normalized spacial score (nSPS) is 11.8. The third-order valence-electron chi connectivity index (χ3n) is 1.69.